The molecule has 1 aromatic rings. The number of nitrogens with one attached hydrogen (secondary N) is 1. The van der Waals surface area contributed by atoms with E-state index < -0.39 is 5.97 Å². The third-order valence-corrected chi connectivity index (χ3v) is 4.94. The molecule has 2 N–H and O–H groups in total. The van der Waals surface area contributed by atoms with Crippen molar-refractivity contribution in [1.82, 2.24) is 10.2 Å². The summed E-state index contributed by atoms with van der Waals surface area (Å²) in [6, 6.07) is 0. The summed E-state index contributed by atoms with van der Waals surface area (Å²) in [7, 11) is 0. The van der Waals surface area contributed by atoms with Gasteiger partial charge in [-0.1, -0.05) is 36.9 Å². The molecule has 1 heterocycles. The standard InChI is InChI=1S/C10H15N3O2S2/c1-10(2)3-6(10)4-11-8-12-13-9(17-8)16-5-7(14)15/h6H,3-5H2,1-2H3,(H,11,12)(H,14,15). The Morgan fingerprint density at radius 1 is 1.65 bits per heavy atom. The molecule has 7 heteroatoms. The largest absolute Gasteiger partial charge is 0.481 e. The molecule has 0 aliphatic heterocycles. The predicted molar refractivity (Wildman–Crippen MR) is 68.6 cm³/mol. The van der Waals surface area contributed by atoms with E-state index in [1.54, 1.807) is 0 Å². The maximum Gasteiger partial charge on any atom is 0.313 e. The fraction of sp³-hybridized carbons (Fsp3) is 0.700. The van der Waals surface area contributed by atoms with Gasteiger partial charge in [-0.3, -0.25) is 4.79 Å². The Morgan fingerprint density at radius 3 is 2.94 bits per heavy atom. The number of thioether (sulfide) groups is 1. The van der Waals surface area contributed by atoms with E-state index in [0.717, 1.165) is 11.7 Å². The lowest BCUT2D eigenvalue weighted by Gasteiger charge is -2.03. The molecule has 0 spiro atoms. The number of rotatable bonds is 6. The number of anilines is 1. The van der Waals surface area contributed by atoms with Crippen LogP contribution in [-0.2, 0) is 4.79 Å². The molecule has 5 nitrogen and oxygen atoms in total. The Labute approximate surface area is 108 Å². The van der Waals surface area contributed by atoms with E-state index in [-0.39, 0.29) is 5.75 Å². The topological polar surface area (TPSA) is 75.1 Å². The van der Waals surface area contributed by atoms with Gasteiger partial charge in [0.15, 0.2) is 4.34 Å². The smallest absolute Gasteiger partial charge is 0.313 e. The number of hydrogen-bond acceptors (Lipinski definition) is 6. The second-order valence-electron chi connectivity index (χ2n) is 4.83. The Hall–Kier alpha value is -0.820. The average molecular weight is 273 g/mol. The normalized spacial score (nSPS) is 21.2. The molecule has 1 atom stereocenters. The number of nitrogens with zero attached hydrogens (tertiary/aromatic N) is 2. The quantitative estimate of drug-likeness (QED) is 0.774. The Morgan fingerprint density at radius 2 is 2.35 bits per heavy atom. The zero-order valence-electron chi connectivity index (χ0n) is 9.77. The summed E-state index contributed by atoms with van der Waals surface area (Å²) < 4.78 is 0.699. The first-order chi connectivity index (χ1) is 7.97. The van der Waals surface area contributed by atoms with Crippen LogP contribution in [0.5, 0.6) is 0 Å². The lowest BCUT2D eigenvalue weighted by atomic mass is 10.1. The molecule has 0 aromatic carbocycles. The molecule has 0 amide bonds. The second-order valence-corrected chi connectivity index (χ2v) is 7.03. The van der Waals surface area contributed by atoms with Crippen LogP contribution in [0.4, 0.5) is 5.13 Å². The van der Waals surface area contributed by atoms with Gasteiger partial charge in [0.1, 0.15) is 0 Å². The summed E-state index contributed by atoms with van der Waals surface area (Å²) in [6.07, 6.45) is 1.25. The van der Waals surface area contributed by atoms with E-state index in [9.17, 15) is 4.79 Å². The van der Waals surface area contributed by atoms with Gasteiger partial charge < -0.3 is 10.4 Å². The highest BCUT2D eigenvalue weighted by Gasteiger charge is 2.45. The minimum atomic E-state index is -0.834. The molecule has 1 aliphatic rings. The van der Waals surface area contributed by atoms with Crippen molar-refractivity contribution in [3.63, 3.8) is 0 Å². The van der Waals surface area contributed by atoms with Crippen LogP contribution in [0, 0.1) is 11.3 Å². The molecule has 17 heavy (non-hydrogen) atoms. The van der Waals surface area contributed by atoms with Crippen LogP contribution in [-0.4, -0.2) is 33.6 Å². The fourth-order valence-electron chi connectivity index (χ4n) is 1.60. The first kappa shape index (κ1) is 12.6. The van der Waals surface area contributed by atoms with Crippen molar-refractivity contribution >= 4 is 34.2 Å². The van der Waals surface area contributed by atoms with Crippen molar-refractivity contribution in [1.29, 1.82) is 0 Å². The lowest BCUT2D eigenvalue weighted by Crippen LogP contribution is -2.06. The molecule has 1 saturated carbocycles. The van der Waals surface area contributed by atoms with Crippen molar-refractivity contribution in [2.45, 2.75) is 24.6 Å². The number of carbonyl (C=O) groups is 1. The Bertz CT molecular complexity index is 419. The van der Waals surface area contributed by atoms with Gasteiger partial charge in [0, 0.05) is 6.54 Å². The van der Waals surface area contributed by atoms with Crippen LogP contribution >= 0.6 is 23.1 Å². The molecule has 1 fully saturated rings. The zero-order valence-corrected chi connectivity index (χ0v) is 11.4. The highest BCUT2D eigenvalue weighted by molar-refractivity contribution is 8.01. The highest BCUT2D eigenvalue weighted by Crippen LogP contribution is 2.51. The molecular formula is C10H15N3O2S2. The van der Waals surface area contributed by atoms with Gasteiger partial charge in [-0.15, -0.1) is 10.2 Å². The molecule has 2 rings (SSSR count). The molecule has 0 radical (unpaired) electrons. The van der Waals surface area contributed by atoms with Gasteiger partial charge in [0.25, 0.3) is 0 Å². The van der Waals surface area contributed by atoms with Crippen LogP contribution in [0.25, 0.3) is 0 Å². The van der Waals surface area contributed by atoms with Gasteiger partial charge in [-0.2, -0.15) is 0 Å². The van der Waals surface area contributed by atoms with Gasteiger partial charge in [0.05, 0.1) is 5.75 Å². The van der Waals surface area contributed by atoms with E-state index >= 15 is 0 Å². The van der Waals surface area contributed by atoms with E-state index in [4.69, 9.17) is 5.11 Å². The summed E-state index contributed by atoms with van der Waals surface area (Å²) in [4.78, 5) is 10.4. The molecule has 1 aliphatic carbocycles. The summed E-state index contributed by atoms with van der Waals surface area (Å²) in [5.41, 5.74) is 0.457. The van der Waals surface area contributed by atoms with Crippen LogP contribution in [0.1, 0.15) is 20.3 Å². The molecule has 1 aromatic heterocycles. The predicted octanol–water partition coefficient (Wildman–Crippen LogP) is 2.17. The van der Waals surface area contributed by atoms with Crippen molar-refractivity contribution < 1.29 is 9.90 Å². The molecular weight excluding hydrogens is 258 g/mol. The van der Waals surface area contributed by atoms with Crippen LogP contribution in [0.15, 0.2) is 4.34 Å². The van der Waals surface area contributed by atoms with Crippen molar-refractivity contribution in [2.24, 2.45) is 11.3 Å². The summed E-state index contributed by atoms with van der Waals surface area (Å²) >= 11 is 2.62. The maximum atomic E-state index is 10.4. The van der Waals surface area contributed by atoms with Gasteiger partial charge in [-0.05, 0) is 17.8 Å². The van der Waals surface area contributed by atoms with Crippen molar-refractivity contribution in [3.8, 4) is 0 Å². The lowest BCUT2D eigenvalue weighted by molar-refractivity contribution is -0.133. The number of aromatic nitrogens is 2. The monoisotopic (exact) mass is 273 g/mol. The fourth-order valence-corrected chi connectivity index (χ4v) is 3.08. The first-order valence-corrected chi connectivity index (χ1v) is 7.19. The maximum absolute atomic E-state index is 10.4. The van der Waals surface area contributed by atoms with Crippen LogP contribution in [0.2, 0.25) is 0 Å². The number of aliphatic carboxylic acids is 1. The Kier molecular flexibility index (Phi) is 3.58. The van der Waals surface area contributed by atoms with Gasteiger partial charge in [-0.25, -0.2) is 0 Å². The van der Waals surface area contributed by atoms with Gasteiger partial charge in [0.2, 0.25) is 5.13 Å². The van der Waals surface area contributed by atoms with E-state index in [0.29, 0.717) is 15.7 Å². The van der Waals surface area contributed by atoms with Crippen molar-refractivity contribution in [2.75, 3.05) is 17.6 Å². The number of hydrogen-bond donors (Lipinski definition) is 2. The third-order valence-electron chi connectivity index (χ3n) is 2.94. The van der Waals surface area contributed by atoms with E-state index in [1.165, 1.54) is 29.5 Å². The van der Waals surface area contributed by atoms with Crippen molar-refractivity contribution in [3.05, 3.63) is 0 Å². The highest BCUT2D eigenvalue weighted by atomic mass is 32.2. The zero-order chi connectivity index (χ0) is 12.5. The summed E-state index contributed by atoms with van der Waals surface area (Å²) in [6.45, 7) is 5.44. The average Bonchev–Trinajstić information content (AvgIpc) is 2.68. The van der Waals surface area contributed by atoms with Crippen LogP contribution < -0.4 is 5.32 Å². The van der Waals surface area contributed by atoms with E-state index in [2.05, 4.69) is 29.4 Å². The number of carboxylic acid groups (broad SMARTS) is 1. The SMILES string of the molecule is CC1(C)CC1CNc1nnc(SCC(=O)O)s1. The first-order valence-electron chi connectivity index (χ1n) is 5.39. The van der Waals surface area contributed by atoms with Crippen LogP contribution in [0.3, 0.4) is 0 Å². The summed E-state index contributed by atoms with van der Waals surface area (Å²) in [5.74, 6) is -0.0921. The number of carboxylic acids is 1. The molecule has 1 unspecified atom stereocenters. The molecule has 0 saturated heterocycles. The third kappa shape index (κ3) is 3.57. The minimum Gasteiger partial charge on any atom is -0.481 e. The Balaban J connectivity index is 1.76. The second kappa shape index (κ2) is 4.81. The molecule has 94 valence electrons. The minimum absolute atomic E-state index is 0.0320. The summed E-state index contributed by atoms with van der Waals surface area (Å²) in [5, 5.41) is 20.5. The molecule has 0 bridgehead atoms. The van der Waals surface area contributed by atoms with Gasteiger partial charge >= 0.3 is 5.97 Å². The van der Waals surface area contributed by atoms with E-state index in [1.807, 2.05) is 0 Å².